The molecular formula is C22H31N3O8. The molecule has 1 aliphatic rings. The monoisotopic (exact) mass is 465 g/mol. The second kappa shape index (κ2) is 12.8. The smallest absolute Gasteiger partial charge is 0.317 e. The zero-order valence-electron chi connectivity index (χ0n) is 18.6. The number of anilines is 1. The molecule has 4 N–H and O–H groups in total. The van der Waals surface area contributed by atoms with E-state index in [4.69, 9.17) is 4.74 Å². The van der Waals surface area contributed by atoms with Crippen LogP contribution in [-0.4, -0.2) is 93.8 Å². The van der Waals surface area contributed by atoms with Crippen molar-refractivity contribution in [2.24, 2.45) is 0 Å². The van der Waals surface area contributed by atoms with Crippen molar-refractivity contribution < 1.29 is 39.2 Å². The predicted octanol–water partition coefficient (Wildman–Crippen LogP) is 1.19. The van der Waals surface area contributed by atoms with Gasteiger partial charge in [-0.25, -0.2) is 0 Å². The first-order chi connectivity index (χ1) is 15.7. The molecule has 0 spiro atoms. The Balaban J connectivity index is 2.17. The fourth-order valence-electron chi connectivity index (χ4n) is 4.23. The van der Waals surface area contributed by atoms with E-state index in [9.17, 15) is 34.5 Å². The van der Waals surface area contributed by atoms with E-state index in [0.29, 0.717) is 30.9 Å². The lowest BCUT2D eigenvalue weighted by Gasteiger charge is -2.43. The summed E-state index contributed by atoms with van der Waals surface area (Å²) in [7, 11) is 0. The molecule has 0 radical (unpaired) electrons. The van der Waals surface area contributed by atoms with Crippen LogP contribution in [0.1, 0.15) is 32.6 Å². The lowest BCUT2D eigenvalue weighted by molar-refractivity contribution is -0.146. The third kappa shape index (κ3) is 8.70. The summed E-state index contributed by atoms with van der Waals surface area (Å²) in [4.78, 5) is 49.7. The molecule has 0 aliphatic heterocycles. The van der Waals surface area contributed by atoms with E-state index in [1.807, 2.05) is 6.92 Å². The van der Waals surface area contributed by atoms with Crippen LogP contribution >= 0.6 is 0 Å². The molecular weight excluding hydrogens is 434 g/mol. The number of carbonyl (C=O) groups is 4. The van der Waals surface area contributed by atoms with E-state index in [1.165, 1.54) is 9.80 Å². The Kier molecular flexibility index (Phi) is 10.1. The van der Waals surface area contributed by atoms with Crippen LogP contribution in [0.5, 0.6) is 5.75 Å². The maximum absolute atomic E-state index is 12.7. The molecule has 1 saturated carbocycles. The van der Waals surface area contributed by atoms with Gasteiger partial charge in [0.05, 0.1) is 32.8 Å². The Labute approximate surface area is 191 Å². The Hall–Kier alpha value is -3.18. The maximum Gasteiger partial charge on any atom is 0.317 e. The average molecular weight is 466 g/mol. The SMILES string of the molecule is CCOc1ccc(NC(=O)CN(CC(=O)O)C2CCCC[C@@H]2N(CC(=O)O)CC(=O)O)cc1. The minimum Gasteiger partial charge on any atom is -0.494 e. The van der Waals surface area contributed by atoms with Gasteiger partial charge in [-0.1, -0.05) is 12.8 Å². The Morgan fingerprint density at radius 3 is 1.73 bits per heavy atom. The number of carbonyl (C=O) groups excluding carboxylic acids is 1. The second-order valence-electron chi connectivity index (χ2n) is 7.92. The zero-order chi connectivity index (χ0) is 24.4. The summed E-state index contributed by atoms with van der Waals surface area (Å²) in [5.41, 5.74) is 0.525. The van der Waals surface area contributed by atoms with Crippen LogP contribution in [0.25, 0.3) is 0 Å². The Bertz CT molecular complexity index is 813. The van der Waals surface area contributed by atoms with Gasteiger partial charge in [-0.3, -0.25) is 29.0 Å². The summed E-state index contributed by atoms with van der Waals surface area (Å²) in [5, 5.41) is 30.6. The molecule has 2 atom stereocenters. The number of ether oxygens (including phenoxy) is 1. The van der Waals surface area contributed by atoms with E-state index in [0.717, 1.165) is 12.8 Å². The van der Waals surface area contributed by atoms with Crippen LogP contribution in [0.2, 0.25) is 0 Å². The highest BCUT2D eigenvalue weighted by molar-refractivity contribution is 5.92. The van der Waals surface area contributed by atoms with Crippen LogP contribution < -0.4 is 10.1 Å². The van der Waals surface area contributed by atoms with Crippen LogP contribution in [0.4, 0.5) is 5.69 Å². The summed E-state index contributed by atoms with van der Waals surface area (Å²) >= 11 is 0. The molecule has 2 rings (SSSR count). The number of nitrogens with one attached hydrogen (secondary N) is 1. The van der Waals surface area contributed by atoms with Gasteiger partial charge in [-0.15, -0.1) is 0 Å². The molecule has 1 aliphatic carbocycles. The number of rotatable bonds is 13. The summed E-state index contributed by atoms with van der Waals surface area (Å²) in [6.07, 6.45) is 2.58. The van der Waals surface area contributed by atoms with Gasteiger partial charge in [-0.2, -0.15) is 0 Å². The average Bonchev–Trinajstić information content (AvgIpc) is 2.73. The zero-order valence-corrected chi connectivity index (χ0v) is 18.6. The molecule has 182 valence electrons. The molecule has 33 heavy (non-hydrogen) atoms. The minimum absolute atomic E-state index is 0.228. The number of benzene rings is 1. The van der Waals surface area contributed by atoms with Gasteiger partial charge in [0.25, 0.3) is 0 Å². The van der Waals surface area contributed by atoms with Crippen LogP contribution in [0, 0.1) is 0 Å². The summed E-state index contributed by atoms with van der Waals surface area (Å²) in [6, 6.07) is 5.80. The highest BCUT2D eigenvalue weighted by Gasteiger charge is 2.37. The number of hydrogen-bond donors (Lipinski definition) is 4. The third-order valence-electron chi connectivity index (χ3n) is 5.44. The molecule has 1 amide bonds. The number of aliphatic carboxylic acids is 3. The first-order valence-electron chi connectivity index (χ1n) is 10.9. The van der Waals surface area contributed by atoms with Crippen LogP contribution in [-0.2, 0) is 19.2 Å². The van der Waals surface area contributed by atoms with Crippen molar-refractivity contribution in [3.63, 3.8) is 0 Å². The fourth-order valence-corrected chi connectivity index (χ4v) is 4.23. The van der Waals surface area contributed by atoms with Crippen molar-refractivity contribution in [1.29, 1.82) is 0 Å². The first kappa shape index (κ1) is 26.1. The molecule has 1 aromatic carbocycles. The van der Waals surface area contributed by atoms with Gasteiger partial charge in [0, 0.05) is 17.8 Å². The summed E-state index contributed by atoms with van der Waals surface area (Å²) < 4.78 is 5.37. The lowest BCUT2D eigenvalue weighted by atomic mass is 9.87. The molecule has 0 saturated heterocycles. The minimum atomic E-state index is -1.17. The normalized spacial score (nSPS) is 18.2. The highest BCUT2D eigenvalue weighted by Crippen LogP contribution is 2.27. The molecule has 0 aromatic heterocycles. The van der Waals surface area contributed by atoms with Crippen LogP contribution in [0.3, 0.4) is 0 Å². The van der Waals surface area contributed by atoms with Gasteiger partial charge in [-0.05, 0) is 44.0 Å². The summed E-state index contributed by atoms with van der Waals surface area (Å²) in [5.74, 6) is -3.23. The fraction of sp³-hybridized carbons (Fsp3) is 0.545. The molecule has 0 bridgehead atoms. The second-order valence-corrected chi connectivity index (χ2v) is 7.92. The van der Waals surface area contributed by atoms with E-state index in [-0.39, 0.29) is 6.54 Å². The highest BCUT2D eigenvalue weighted by atomic mass is 16.5. The molecule has 1 fully saturated rings. The van der Waals surface area contributed by atoms with Crippen molar-refractivity contribution in [2.75, 3.05) is 38.1 Å². The Morgan fingerprint density at radius 1 is 0.848 bits per heavy atom. The molecule has 1 aromatic rings. The summed E-state index contributed by atoms with van der Waals surface area (Å²) in [6.45, 7) is 0.762. The standard InChI is InChI=1S/C22H31N3O8/c1-2-33-16-9-7-15(8-10-16)23-19(26)11-24(12-20(27)28)17-5-3-4-6-18(17)25(13-21(29)30)14-22(31)32/h7-10,17-18H,2-6,11-14H2,1H3,(H,23,26)(H,27,28)(H,29,30)(H,31,32)/t17?,18-/m0/s1. The molecule has 11 nitrogen and oxygen atoms in total. The number of hydrogen-bond acceptors (Lipinski definition) is 7. The molecule has 11 heteroatoms. The Morgan fingerprint density at radius 2 is 1.30 bits per heavy atom. The number of nitrogens with zero attached hydrogens (tertiary/aromatic N) is 2. The van der Waals surface area contributed by atoms with Crippen molar-refractivity contribution in [1.82, 2.24) is 9.80 Å². The number of carboxylic acids is 3. The number of amides is 1. The molecule has 1 unspecified atom stereocenters. The van der Waals surface area contributed by atoms with E-state index < -0.39 is 55.5 Å². The van der Waals surface area contributed by atoms with Gasteiger partial charge >= 0.3 is 17.9 Å². The van der Waals surface area contributed by atoms with Gasteiger partial charge in [0.1, 0.15) is 5.75 Å². The van der Waals surface area contributed by atoms with Crippen molar-refractivity contribution in [2.45, 2.75) is 44.7 Å². The largest absolute Gasteiger partial charge is 0.494 e. The van der Waals surface area contributed by atoms with E-state index >= 15 is 0 Å². The topological polar surface area (TPSA) is 157 Å². The third-order valence-corrected chi connectivity index (χ3v) is 5.44. The maximum atomic E-state index is 12.7. The quantitative estimate of drug-likeness (QED) is 0.334. The van der Waals surface area contributed by atoms with Crippen LogP contribution in [0.15, 0.2) is 24.3 Å². The lowest BCUT2D eigenvalue weighted by Crippen LogP contribution is -2.57. The van der Waals surface area contributed by atoms with E-state index in [2.05, 4.69) is 5.32 Å². The van der Waals surface area contributed by atoms with Gasteiger partial charge in [0.15, 0.2) is 0 Å². The van der Waals surface area contributed by atoms with Gasteiger partial charge in [0.2, 0.25) is 5.91 Å². The van der Waals surface area contributed by atoms with E-state index in [1.54, 1.807) is 24.3 Å². The van der Waals surface area contributed by atoms with Crippen molar-refractivity contribution in [3.05, 3.63) is 24.3 Å². The van der Waals surface area contributed by atoms with Crippen molar-refractivity contribution in [3.8, 4) is 5.75 Å². The van der Waals surface area contributed by atoms with Crippen molar-refractivity contribution >= 4 is 29.5 Å². The number of carboxylic acid groups (broad SMARTS) is 3. The van der Waals surface area contributed by atoms with Gasteiger partial charge < -0.3 is 25.4 Å². The first-order valence-corrected chi connectivity index (χ1v) is 10.9. The predicted molar refractivity (Wildman–Crippen MR) is 118 cm³/mol. The molecule has 0 heterocycles.